The van der Waals surface area contributed by atoms with E-state index in [-0.39, 0.29) is 0 Å². The molecule has 1 unspecified atom stereocenters. The van der Waals surface area contributed by atoms with Gasteiger partial charge in [-0.1, -0.05) is 13.8 Å². The number of hydrogen-bond donors (Lipinski definition) is 2. The molecule has 2 N–H and O–H groups in total. The Labute approximate surface area is 168 Å². The van der Waals surface area contributed by atoms with Crippen LogP contribution in [0.1, 0.15) is 26.7 Å². The summed E-state index contributed by atoms with van der Waals surface area (Å²) in [5, 5.41) is 6.87. The van der Waals surface area contributed by atoms with Gasteiger partial charge in [0, 0.05) is 50.9 Å². The highest BCUT2D eigenvalue weighted by Crippen LogP contribution is 2.32. The summed E-state index contributed by atoms with van der Waals surface area (Å²) >= 11 is 0. The van der Waals surface area contributed by atoms with E-state index in [9.17, 15) is 0 Å². The minimum atomic E-state index is 0.464. The molecule has 1 saturated heterocycles. The van der Waals surface area contributed by atoms with Gasteiger partial charge in [-0.3, -0.25) is 9.89 Å². The fourth-order valence-electron chi connectivity index (χ4n) is 3.62. The summed E-state index contributed by atoms with van der Waals surface area (Å²) in [5.41, 5.74) is 0.934. The molecule has 2 aliphatic rings. The van der Waals surface area contributed by atoms with Crippen LogP contribution in [0.2, 0.25) is 0 Å². The molecule has 7 nitrogen and oxygen atoms in total. The van der Waals surface area contributed by atoms with Crippen LogP contribution in [0.3, 0.4) is 0 Å². The van der Waals surface area contributed by atoms with Gasteiger partial charge in [-0.05, 0) is 24.5 Å². The SMILES string of the molecule is CN=C(NCC(CC(C)C)N1CCOCC1)Nc1ccc2c(c1)OCCCO2. The van der Waals surface area contributed by atoms with Gasteiger partial charge in [0.2, 0.25) is 0 Å². The lowest BCUT2D eigenvalue weighted by molar-refractivity contribution is 0.0133. The fraction of sp³-hybridized carbons (Fsp3) is 0.667. The van der Waals surface area contributed by atoms with Crippen molar-refractivity contribution in [3.05, 3.63) is 18.2 Å². The first kappa shape index (κ1) is 20.7. The molecular weight excluding hydrogens is 356 g/mol. The van der Waals surface area contributed by atoms with Gasteiger partial charge in [-0.15, -0.1) is 0 Å². The smallest absolute Gasteiger partial charge is 0.195 e. The van der Waals surface area contributed by atoms with Gasteiger partial charge in [0.15, 0.2) is 17.5 Å². The van der Waals surface area contributed by atoms with Crippen LogP contribution in [0.25, 0.3) is 0 Å². The summed E-state index contributed by atoms with van der Waals surface area (Å²) in [7, 11) is 1.80. The molecule has 1 aromatic carbocycles. The van der Waals surface area contributed by atoms with Gasteiger partial charge in [-0.2, -0.15) is 0 Å². The molecule has 156 valence electrons. The topological polar surface area (TPSA) is 67.4 Å². The highest BCUT2D eigenvalue weighted by molar-refractivity contribution is 5.93. The molecule has 0 aromatic heterocycles. The summed E-state index contributed by atoms with van der Waals surface area (Å²) < 4.78 is 17.0. The number of aliphatic imine (C=N–C) groups is 1. The van der Waals surface area contributed by atoms with Crippen molar-refractivity contribution in [3.8, 4) is 11.5 Å². The molecule has 0 amide bonds. The summed E-state index contributed by atoms with van der Waals surface area (Å²) in [6.45, 7) is 10.4. The Morgan fingerprint density at radius 1 is 1.11 bits per heavy atom. The predicted octanol–water partition coefficient (Wildman–Crippen LogP) is 2.58. The van der Waals surface area contributed by atoms with Crippen LogP contribution in [0.4, 0.5) is 5.69 Å². The Balaban J connectivity index is 1.59. The Morgan fingerprint density at radius 3 is 2.57 bits per heavy atom. The molecule has 3 rings (SSSR count). The maximum absolute atomic E-state index is 5.78. The van der Waals surface area contributed by atoms with E-state index in [0.717, 1.165) is 68.8 Å². The maximum atomic E-state index is 5.78. The predicted molar refractivity (Wildman–Crippen MR) is 113 cm³/mol. The lowest BCUT2D eigenvalue weighted by atomic mass is 10.0. The van der Waals surface area contributed by atoms with Crippen LogP contribution in [0.15, 0.2) is 23.2 Å². The van der Waals surface area contributed by atoms with Gasteiger partial charge in [0.1, 0.15) is 0 Å². The van der Waals surface area contributed by atoms with E-state index in [1.807, 2.05) is 18.2 Å². The molecule has 7 heteroatoms. The Morgan fingerprint density at radius 2 is 1.86 bits per heavy atom. The molecule has 1 aromatic rings. The van der Waals surface area contributed by atoms with Gasteiger partial charge in [0.25, 0.3) is 0 Å². The average Bonchev–Trinajstić information content (AvgIpc) is 2.95. The summed E-state index contributed by atoms with van der Waals surface area (Å²) in [6, 6.07) is 6.38. The molecular formula is C21H34N4O3. The van der Waals surface area contributed by atoms with E-state index in [4.69, 9.17) is 14.2 Å². The fourth-order valence-corrected chi connectivity index (χ4v) is 3.62. The maximum Gasteiger partial charge on any atom is 0.195 e. The minimum absolute atomic E-state index is 0.464. The van der Waals surface area contributed by atoms with Gasteiger partial charge in [-0.25, -0.2) is 0 Å². The first-order valence-corrected chi connectivity index (χ1v) is 10.3. The van der Waals surface area contributed by atoms with E-state index in [2.05, 4.69) is 34.4 Å². The first-order valence-electron chi connectivity index (χ1n) is 10.3. The molecule has 0 bridgehead atoms. The van der Waals surface area contributed by atoms with Crippen molar-refractivity contribution in [2.45, 2.75) is 32.7 Å². The summed E-state index contributed by atoms with van der Waals surface area (Å²) in [6.07, 6.45) is 2.05. The molecule has 2 heterocycles. The molecule has 1 fully saturated rings. The number of nitrogens with one attached hydrogen (secondary N) is 2. The van der Waals surface area contributed by atoms with Crippen molar-refractivity contribution in [1.82, 2.24) is 10.2 Å². The van der Waals surface area contributed by atoms with Crippen LogP contribution in [0, 0.1) is 5.92 Å². The van der Waals surface area contributed by atoms with Crippen LogP contribution >= 0.6 is 0 Å². The van der Waals surface area contributed by atoms with Crippen LogP contribution in [-0.4, -0.2) is 70.0 Å². The number of nitrogens with zero attached hydrogens (tertiary/aromatic N) is 2. The van der Waals surface area contributed by atoms with E-state index >= 15 is 0 Å². The number of fused-ring (bicyclic) bond motifs is 1. The molecule has 0 aliphatic carbocycles. The van der Waals surface area contributed by atoms with Crippen molar-refractivity contribution in [2.75, 3.05) is 58.4 Å². The van der Waals surface area contributed by atoms with Gasteiger partial charge < -0.3 is 24.8 Å². The number of anilines is 1. The number of morpholine rings is 1. The Kier molecular flexibility index (Phi) is 7.80. The summed E-state index contributed by atoms with van der Waals surface area (Å²) in [5.74, 6) is 2.99. The number of guanidine groups is 1. The molecule has 0 saturated carbocycles. The van der Waals surface area contributed by atoms with Crippen LogP contribution in [-0.2, 0) is 4.74 Å². The third-order valence-corrected chi connectivity index (χ3v) is 5.04. The molecule has 1 atom stereocenters. The number of hydrogen-bond acceptors (Lipinski definition) is 5. The Hall–Kier alpha value is -1.99. The average molecular weight is 391 g/mol. The molecule has 2 aliphatic heterocycles. The van der Waals surface area contributed by atoms with E-state index in [1.165, 1.54) is 0 Å². The third kappa shape index (κ3) is 6.01. The first-order chi connectivity index (χ1) is 13.7. The highest BCUT2D eigenvalue weighted by atomic mass is 16.5. The quantitative estimate of drug-likeness (QED) is 0.575. The third-order valence-electron chi connectivity index (χ3n) is 5.04. The second kappa shape index (κ2) is 10.5. The van der Waals surface area contributed by atoms with Gasteiger partial charge >= 0.3 is 0 Å². The van der Waals surface area contributed by atoms with E-state index in [1.54, 1.807) is 7.05 Å². The normalized spacial score (nSPS) is 19.2. The molecule has 0 radical (unpaired) electrons. The van der Waals surface area contributed by atoms with Crippen molar-refractivity contribution < 1.29 is 14.2 Å². The zero-order valence-corrected chi connectivity index (χ0v) is 17.4. The highest BCUT2D eigenvalue weighted by Gasteiger charge is 2.22. The van der Waals surface area contributed by atoms with Crippen molar-refractivity contribution >= 4 is 11.6 Å². The number of rotatable bonds is 6. The monoisotopic (exact) mass is 390 g/mol. The molecule has 28 heavy (non-hydrogen) atoms. The number of ether oxygens (including phenoxy) is 3. The zero-order chi connectivity index (χ0) is 19.8. The van der Waals surface area contributed by atoms with E-state index < -0.39 is 0 Å². The van der Waals surface area contributed by atoms with Crippen LogP contribution in [0.5, 0.6) is 11.5 Å². The van der Waals surface area contributed by atoms with Gasteiger partial charge in [0.05, 0.1) is 26.4 Å². The largest absolute Gasteiger partial charge is 0.490 e. The van der Waals surface area contributed by atoms with Crippen molar-refractivity contribution in [3.63, 3.8) is 0 Å². The standard InChI is InChI=1S/C21H34N4O3/c1-16(2)13-18(25-7-11-26-12-8-25)15-23-21(22-3)24-17-5-6-19-20(14-17)28-10-4-9-27-19/h5-6,14,16,18H,4,7-13,15H2,1-3H3,(H2,22,23,24). The minimum Gasteiger partial charge on any atom is -0.490 e. The Bertz CT molecular complexity index is 645. The lowest BCUT2D eigenvalue weighted by Crippen LogP contribution is -2.50. The zero-order valence-electron chi connectivity index (χ0n) is 17.4. The second-order valence-electron chi connectivity index (χ2n) is 7.72. The second-order valence-corrected chi connectivity index (χ2v) is 7.72. The summed E-state index contributed by atoms with van der Waals surface area (Å²) in [4.78, 5) is 6.91. The molecule has 0 spiro atoms. The van der Waals surface area contributed by atoms with Crippen molar-refractivity contribution in [2.24, 2.45) is 10.9 Å². The number of benzene rings is 1. The van der Waals surface area contributed by atoms with E-state index in [0.29, 0.717) is 25.2 Å². The lowest BCUT2D eigenvalue weighted by Gasteiger charge is -2.35. The van der Waals surface area contributed by atoms with Crippen molar-refractivity contribution in [1.29, 1.82) is 0 Å². The van der Waals surface area contributed by atoms with Crippen LogP contribution < -0.4 is 20.1 Å².